The molecule has 1 aliphatic heterocycles. The molecule has 0 fully saturated rings. The van der Waals surface area contributed by atoms with Gasteiger partial charge in [-0.05, 0) is 21.9 Å². The fraction of sp³-hybridized carbons (Fsp3) is 0.333. The van der Waals surface area contributed by atoms with Crippen LogP contribution in [-0.4, -0.2) is 35.9 Å². The zero-order valence-electron chi connectivity index (χ0n) is 12.0. The highest BCUT2D eigenvalue weighted by molar-refractivity contribution is 5.89. The molecule has 0 saturated heterocycles. The summed E-state index contributed by atoms with van der Waals surface area (Å²) < 4.78 is 5.20. The van der Waals surface area contributed by atoms with Gasteiger partial charge in [0.15, 0.2) is 0 Å². The van der Waals surface area contributed by atoms with Gasteiger partial charge in [0.25, 0.3) is 0 Å². The number of aliphatic hydroxyl groups excluding tert-OH is 1. The van der Waals surface area contributed by atoms with Gasteiger partial charge in [-0.3, -0.25) is 4.90 Å². The first kappa shape index (κ1) is 14.1. The van der Waals surface area contributed by atoms with Gasteiger partial charge >= 0.3 is 0 Å². The number of benzene rings is 2. The Balaban J connectivity index is 1.71. The van der Waals surface area contributed by atoms with E-state index in [2.05, 4.69) is 47.2 Å². The van der Waals surface area contributed by atoms with Gasteiger partial charge in [0.1, 0.15) is 6.61 Å². The lowest BCUT2D eigenvalue weighted by atomic mass is 9.95. The summed E-state index contributed by atoms with van der Waals surface area (Å²) in [6.45, 7) is 2.85. The van der Waals surface area contributed by atoms with E-state index in [1.165, 1.54) is 21.9 Å². The van der Waals surface area contributed by atoms with Crippen molar-refractivity contribution in [3.63, 3.8) is 0 Å². The molecule has 3 rings (SSSR count). The second-order valence-corrected chi connectivity index (χ2v) is 5.48. The maximum atomic E-state index is 10.0. The lowest BCUT2D eigenvalue weighted by molar-refractivity contribution is 0.0239. The van der Waals surface area contributed by atoms with E-state index in [1.807, 2.05) is 0 Å². The number of rotatable bonds is 5. The molecule has 1 heterocycles. The topological polar surface area (TPSA) is 32.7 Å². The average molecular weight is 281 g/mol. The molecular weight excluding hydrogens is 262 g/mol. The molecular formula is C18H19NO2. The van der Waals surface area contributed by atoms with Crippen molar-refractivity contribution in [2.45, 2.75) is 19.2 Å². The van der Waals surface area contributed by atoms with Gasteiger partial charge in [-0.15, -0.1) is 6.42 Å². The summed E-state index contributed by atoms with van der Waals surface area (Å²) in [6.07, 6.45) is 4.62. The predicted molar refractivity (Wildman–Crippen MR) is 83.7 cm³/mol. The Morgan fingerprint density at radius 3 is 2.48 bits per heavy atom. The standard InChI is InChI=1S/C18H19NO2/c1-2-9-21-13-17(20)12-19-10-15-7-3-5-14-6-4-8-16(11-19)18(14)15/h1,3-8,17,20H,9-13H2. The fourth-order valence-electron chi connectivity index (χ4n) is 3.04. The second kappa shape index (κ2) is 6.28. The fourth-order valence-corrected chi connectivity index (χ4v) is 3.04. The number of hydrogen-bond donors (Lipinski definition) is 1. The van der Waals surface area contributed by atoms with Crippen molar-refractivity contribution in [1.29, 1.82) is 0 Å². The van der Waals surface area contributed by atoms with Crippen molar-refractivity contribution in [2.24, 2.45) is 0 Å². The largest absolute Gasteiger partial charge is 0.389 e. The van der Waals surface area contributed by atoms with Crippen LogP contribution in [0, 0.1) is 12.3 Å². The van der Waals surface area contributed by atoms with Gasteiger partial charge in [-0.1, -0.05) is 42.3 Å². The molecule has 1 atom stereocenters. The molecule has 21 heavy (non-hydrogen) atoms. The molecule has 1 aliphatic rings. The number of aliphatic hydroxyl groups is 1. The summed E-state index contributed by atoms with van der Waals surface area (Å²) >= 11 is 0. The molecule has 3 heteroatoms. The van der Waals surface area contributed by atoms with E-state index in [0.717, 1.165) is 13.1 Å². The summed E-state index contributed by atoms with van der Waals surface area (Å²) in [7, 11) is 0. The van der Waals surface area contributed by atoms with E-state index in [9.17, 15) is 5.11 Å². The Labute approximate surface area is 125 Å². The molecule has 1 N–H and O–H groups in total. The highest BCUT2D eigenvalue weighted by Gasteiger charge is 2.20. The Hall–Kier alpha value is -1.86. The number of ether oxygens (including phenoxy) is 1. The quantitative estimate of drug-likeness (QED) is 0.673. The van der Waals surface area contributed by atoms with Crippen LogP contribution in [0.2, 0.25) is 0 Å². The lowest BCUT2D eigenvalue weighted by Crippen LogP contribution is -2.36. The third-order valence-electron chi connectivity index (χ3n) is 3.83. The van der Waals surface area contributed by atoms with Crippen LogP contribution in [0.5, 0.6) is 0 Å². The highest BCUT2D eigenvalue weighted by atomic mass is 16.5. The summed E-state index contributed by atoms with van der Waals surface area (Å²) in [6, 6.07) is 12.8. The van der Waals surface area contributed by atoms with Crippen molar-refractivity contribution in [3.8, 4) is 12.3 Å². The predicted octanol–water partition coefficient (Wildman–Crippen LogP) is 2.17. The van der Waals surface area contributed by atoms with Gasteiger partial charge < -0.3 is 9.84 Å². The van der Waals surface area contributed by atoms with Crippen molar-refractivity contribution in [3.05, 3.63) is 47.5 Å². The maximum Gasteiger partial charge on any atom is 0.107 e. The Kier molecular flexibility index (Phi) is 4.21. The van der Waals surface area contributed by atoms with E-state index in [-0.39, 0.29) is 13.2 Å². The van der Waals surface area contributed by atoms with Crippen LogP contribution >= 0.6 is 0 Å². The molecule has 0 radical (unpaired) electrons. The Morgan fingerprint density at radius 2 is 1.86 bits per heavy atom. The van der Waals surface area contributed by atoms with E-state index >= 15 is 0 Å². The average Bonchev–Trinajstić information content (AvgIpc) is 2.48. The van der Waals surface area contributed by atoms with Gasteiger partial charge in [0, 0.05) is 19.6 Å². The molecule has 2 aromatic carbocycles. The molecule has 108 valence electrons. The molecule has 1 unspecified atom stereocenters. The van der Waals surface area contributed by atoms with E-state index in [1.54, 1.807) is 0 Å². The van der Waals surface area contributed by atoms with Crippen LogP contribution in [0.3, 0.4) is 0 Å². The molecule has 0 saturated carbocycles. The van der Waals surface area contributed by atoms with Crippen LogP contribution in [0.1, 0.15) is 11.1 Å². The van der Waals surface area contributed by atoms with Crippen LogP contribution in [0.15, 0.2) is 36.4 Å². The first-order valence-corrected chi connectivity index (χ1v) is 7.19. The van der Waals surface area contributed by atoms with Gasteiger partial charge in [-0.2, -0.15) is 0 Å². The molecule has 0 aromatic heterocycles. The van der Waals surface area contributed by atoms with Crippen molar-refractivity contribution >= 4 is 10.8 Å². The minimum Gasteiger partial charge on any atom is -0.389 e. The third kappa shape index (κ3) is 3.08. The van der Waals surface area contributed by atoms with E-state index in [0.29, 0.717) is 6.54 Å². The van der Waals surface area contributed by atoms with Crippen LogP contribution < -0.4 is 0 Å². The zero-order chi connectivity index (χ0) is 14.7. The molecule has 0 bridgehead atoms. The second-order valence-electron chi connectivity index (χ2n) is 5.48. The Bertz CT molecular complexity index is 634. The third-order valence-corrected chi connectivity index (χ3v) is 3.83. The summed E-state index contributed by atoms with van der Waals surface area (Å²) in [5, 5.41) is 12.7. The van der Waals surface area contributed by atoms with Crippen LogP contribution in [0.25, 0.3) is 10.8 Å². The summed E-state index contributed by atoms with van der Waals surface area (Å²) in [5.74, 6) is 2.41. The van der Waals surface area contributed by atoms with E-state index < -0.39 is 6.10 Å². The molecule has 3 nitrogen and oxygen atoms in total. The lowest BCUT2D eigenvalue weighted by Gasteiger charge is -2.30. The summed E-state index contributed by atoms with van der Waals surface area (Å²) in [5.41, 5.74) is 2.65. The highest BCUT2D eigenvalue weighted by Crippen LogP contribution is 2.29. The Morgan fingerprint density at radius 1 is 1.19 bits per heavy atom. The normalized spacial score (nSPS) is 15.8. The number of terminal acetylenes is 1. The van der Waals surface area contributed by atoms with Crippen LogP contribution in [-0.2, 0) is 17.8 Å². The first-order chi connectivity index (χ1) is 10.3. The zero-order valence-corrected chi connectivity index (χ0v) is 12.0. The van der Waals surface area contributed by atoms with Crippen molar-refractivity contribution < 1.29 is 9.84 Å². The first-order valence-electron chi connectivity index (χ1n) is 7.19. The van der Waals surface area contributed by atoms with Gasteiger partial charge in [-0.25, -0.2) is 0 Å². The van der Waals surface area contributed by atoms with Gasteiger partial charge in [0.05, 0.1) is 12.7 Å². The smallest absolute Gasteiger partial charge is 0.107 e. The minimum absolute atomic E-state index is 0.249. The number of hydrogen-bond acceptors (Lipinski definition) is 3. The van der Waals surface area contributed by atoms with Crippen LogP contribution in [0.4, 0.5) is 0 Å². The van der Waals surface area contributed by atoms with E-state index in [4.69, 9.17) is 11.2 Å². The van der Waals surface area contributed by atoms with Crippen molar-refractivity contribution in [1.82, 2.24) is 4.90 Å². The maximum absolute atomic E-state index is 10.0. The monoisotopic (exact) mass is 281 g/mol. The van der Waals surface area contributed by atoms with Crippen molar-refractivity contribution in [2.75, 3.05) is 19.8 Å². The SMILES string of the molecule is C#CCOCC(O)CN1Cc2cccc3cccc(c23)C1. The number of β-amino-alcohol motifs (C(OH)–C–C–N with tert-alkyl or cyclic N) is 1. The molecule has 0 aliphatic carbocycles. The number of nitrogens with zero attached hydrogens (tertiary/aromatic N) is 1. The molecule has 0 amide bonds. The van der Waals surface area contributed by atoms with Gasteiger partial charge in [0.2, 0.25) is 0 Å². The molecule has 0 spiro atoms. The minimum atomic E-state index is -0.511. The summed E-state index contributed by atoms with van der Waals surface area (Å²) in [4.78, 5) is 2.25. The molecule has 2 aromatic rings.